The summed E-state index contributed by atoms with van der Waals surface area (Å²) < 4.78 is 26.0. The van der Waals surface area contributed by atoms with Gasteiger partial charge in [0.2, 0.25) is 10.0 Å². The molecule has 0 amide bonds. The van der Waals surface area contributed by atoms with E-state index in [0.717, 1.165) is 6.42 Å². The summed E-state index contributed by atoms with van der Waals surface area (Å²) in [4.78, 5) is 11.1. The van der Waals surface area contributed by atoms with Crippen molar-refractivity contribution in [2.24, 2.45) is 0 Å². The zero-order valence-electron chi connectivity index (χ0n) is 10.1. The molecule has 1 heterocycles. The first kappa shape index (κ1) is 13.0. The van der Waals surface area contributed by atoms with Crippen molar-refractivity contribution in [3.05, 3.63) is 29.3 Å². The zero-order chi connectivity index (χ0) is 13.3. The van der Waals surface area contributed by atoms with Gasteiger partial charge in [0.05, 0.1) is 10.5 Å². The molecule has 5 nitrogen and oxygen atoms in total. The summed E-state index contributed by atoms with van der Waals surface area (Å²) >= 11 is 0. The van der Waals surface area contributed by atoms with Crippen LogP contribution in [0, 0.1) is 0 Å². The van der Waals surface area contributed by atoms with Crippen molar-refractivity contribution in [3.63, 3.8) is 0 Å². The van der Waals surface area contributed by atoms with Crippen LogP contribution in [-0.2, 0) is 16.4 Å². The quantitative estimate of drug-likeness (QED) is 0.895. The summed E-state index contributed by atoms with van der Waals surface area (Å²) in [6, 6.07) is 4.28. The van der Waals surface area contributed by atoms with Gasteiger partial charge in [-0.15, -0.1) is 0 Å². The van der Waals surface area contributed by atoms with E-state index in [4.69, 9.17) is 5.11 Å². The first-order valence-electron chi connectivity index (χ1n) is 5.83. The number of aryl methyl sites for hydroxylation is 1. The van der Waals surface area contributed by atoms with E-state index in [-0.39, 0.29) is 10.5 Å². The molecule has 1 N–H and O–H groups in total. The molecule has 1 aliphatic heterocycles. The Balaban J connectivity index is 2.53. The van der Waals surface area contributed by atoms with Gasteiger partial charge in [0.1, 0.15) is 0 Å². The Hall–Kier alpha value is -1.40. The van der Waals surface area contributed by atoms with Crippen LogP contribution < -0.4 is 0 Å². The number of carboxylic acid groups (broad SMARTS) is 1. The third kappa shape index (κ3) is 2.13. The predicted molar refractivity (Wildman–Crippen MR) is 66.2 cm³/mol. The lowest BCUT2D eigenvalue weighted by atomic mass is 10.1. The summed E-state index contributed by atoms with van der Waals surface area (Å²) in [5.74, 6) is -1.11. The van der Waals surface area contributed by atoms with Crippen molar-refractivity contribution >= 4 is 16.0 Å². The number of rotatable bonds is 4. The first-order chi connectivity index (χ1) is 8.46. The minimum Gasteiger partial charge on any atom is -0.478 e. The van der Waals surface area contributed by atoms with Gasteiger partial charge >= 0.3 is 5.97 Å². The molecule has 0 atom stereocenters. The van der Waals surface area contributed by atoms with Crippen molar-refractivity contribution in [1.29, 1.82) is 0 Å². The Morgan fingerprint density at radius 1 is 1.39 bits per heavy atom. The summed E-state index contributed by atoms with van der Waals surface area (Å²) in [6.07, 6.45) is 1.42. The second-order valence-electron chi connectivity index (χ2n) is 4.24. The zero-order valence-corrected chi connectivity index (χ0v) is 10.9. The molecule has 1 fully saturated rings. The van der Waals surface area contributed by atoms with Gasteiger partial charge in [0.15, 0.2) is 0 Å². The van der Waals surface area contributed by atoms with E-state index in [1.807, 2.05) is 6.92 Å². The highest BCUT2D eigenvalue weighted by molar-refractivity contribution is 7.89. The van der Waals surface area contributed by atoms with E-state index in [1.165, 1.54) is 16.4 Å². The monoisotopic (exact) mass is 269 g/mol. The van der Waals surface area contributed by atoms with E-state index in [1.54, 1.807) is 6.07 Å². The van der Waals surface area contributed by atoms with E-state index in [2.05, 4.69) is 0 Å². The lowest BCUT2D eigenvalue weighted by Gasteiger charge is -2.30. The Morgan fingerprint density at radius 2 is 2.06 bits per heavy atom. The Kier molecular flexibility index (Phi) is 3.41. The highest BCUT2D eigenvalue weighted by atomic mass is 32.2. The lowest BCUT2D eigenvalue weighted by molar-refractivity contribution is 0.0696. The second-order valence-corrected chi connectivity index (χ2v) is 6.15. The smallest absolute Gasteiger partial charge is 0.335 e. The van der Waals surface area contributed by atoms with Crippen molar-refractivity contribution in [2.75, 3.05) is 13.1 Å². The van der Waals surface area contributed by atoms with Crippen LogP contribution in [0.15, 0.2) is 23.1 Å². The fourth-order valence-corrected chi connectivity index (χ4v) is 3.72. The predicted octanol–water partition coefficient (Wildman–Crippen LogP) is 1.34. The number of benzene rings is 1. The summed E-state index contributed by atoms with van der Waals surface area (Å²) in [7, 11) is -3.53. The van der Waals surface area contributed by atoms with E-state index >= 15 is 0 Å². The number of carboxylic acids is 1. The Labute approximate surface area is 106 Å². The number of aromatic carboxylic acids is 1. The molecule has 0 unspecified atom stereocenters. The van der Waals surface area contributed by atoms with Crippen LogP contribution in [-0.4, -0.2) is 36.9 Å². The van der Waals surface area contributed by atoms with E-state index in [9.17, 15) is 13.2 Å². The number of nitrogens with zero attached hydrogens (tertiary/aromatic N) is 1. The standard InChI is InChI=1S/C12H15NO4S/c1-2-9-4-5-10(12(14)15)8-11(9)18(16,17)13-6-3-7-13/h4-5,8H,2-3,6-7H2,1H3,(H,14,15). The number of hydrogen-bond acceptors (Lipinski definition) is 3. The minimum atomic E-state index is -3.53. The molecule has 1 saturated heterocycles. The molecule has 2 rings (SSSR count). The van der Waals surface area contributed by atoms with Gasteiger partial charge in [-0.25, -0.2) is 13.2 Å². The SMILES string of the molecule is CCc1ccc(C(=O)O)cc1S(=O)(=O)N1CCC1. The van der Waals surface area contributed by atoms with Crippen molar-refractivity contribution in [2.45, 2.75) is 24.7 Å². The van der Waals surface area contributed by atoms with Gasteiger partial charge in [-0.1, -0.05) is 13.0 Å². The van der Waals surface area contributed by atoms with Crippen LogP contribution in [0.3, 0.4) is 0 Å². The first-order valence-corrected chi connectivity index (χ1v) is 7.27. The molecule has 18 heavy (non-hydrogen) atoms. The molecule has 0 saturated carbocycles. The van der Waals surface area contributed by atoms with Gasteiger partial charge in [-0.2, -0.15) is 4.31 Å². The van der Waals surface area contributed by atoms with Gasteiger partial charge in [0, 0.05) is 13.1 Å². The summed E-state index contributed by atoms with van der Waals surface area (Å²) in [5, 5.41) is 8.94. The number of hydrogen-bond donors (Lipinski definition) is 1. The molecular formula is C12H15NO4S. The number of sulfonamides is 1. The van der Waals surface area contributed by atoms with E-state index < -0.39 is 16.0 Å². The van der Waals surface area contributed by atoms with Crippen LogP contribution in [0.4, 0.5) is 0 Å². The minimum absolute atomic E-state index is 0.00583. The van der Waals surface area contributed by atoms with Gasteiger partial charge in [0.25, 0.3) is 0 Å². The molecular weight excluding hydrogens is 254 g/mol. The van der Waals surface area contributed by atoms with Crippen molar-refractivity contribution in [1.82, 2.24) is 4.31 Å². The summed E-state index contributed by atoms with van der Waals surface area (Å²) in [6.45, 7) is 2.89. The van der Waals surface area contributed by atoms with Gasteiger partial charge in [-0.3, -0.25) is 0 Å². The molecule has 98 valence electrons. The largest absolute Gasteiger partial charge is 0.478 e. The normalized spacial score (nSPS) is 16.3. The third-order valence-electron chi connectivity index (χ3n) is 3.13. The van der Waals surface area contributed by atoms with Gasteiger partial charge < -0.3 is 5.11 Å². The van der Waals surface area contributed by atoms with Crippen LogP contribution in [0.2, 0.25) is 0 Å². The molecule has 1 aliphatic rings. The fraction of sp³-hybridized carbons (Fsp3) is 0.417. The topological polar surface area (TPSA) is 74.7 Å². The molecule has 1 aromatic carbocycles. The molecule has 0 spiro atoms. The molecule has 0 aromatic heterocycles. The molecule has 0 radical (unpaired) electrons. The maximum atomic E-state index is 12.3. The molecule has 1 aromatic rings. The maximum absolute atomic E-state index is 12.3. The average molecular weight is 269 g/mol. The second kappa shape index (κ2) is 4.70. The Bertz CT molecular complexity index is 576. The fourth-order valence-electron chi connectivity index (χ4n) is 1.89. The van der Waals surface area contributed by atoms with Crippen LogP contribution in [0.1, 0.15) is 29.3 Å². The highest BCUT2D eigenvalue weighted by Crippen LogP contribution is 2.25. The van der Waals surface area contributed by atoms with Crippen LogP contribution in [0.5, 0.6) is 0 Å². The van der Waals surface area contributed by atoms with E-state index in [0.29, 0.717) is 25.1 Å². The van der Waals surface area contributed by atoms with Crippen LogP contribution >= 0.6 is 0 Å². The van der Waals surface area contributed by atoms with Crippen molar-refractivity contribution in [3.8, 4) is 0 Å². The molecule has 0 bridgehead atoms. The number of carbonyl (C=O) groups is 1. The molecule has 6 heteroatoms. The molecule has 0 aliphatic carbocycles. The highest BCUT2D eigenvalue weighted by Gasteiger charge is 2.31. The summed E-state index contributed by atoms with van der Waals surface area (Å²) in [5.41, 5.74) is 0.665. The van der Waals surface area contributed by atoms with Crippen LogP contribution in [0.25, 0.3) is 0 Å². The van der Waals surface area contributed by atoms with Gasteiger partial charge in [-0.05, 0) is 30.5 Å². The average Bonchev–Trinajstić information content (AvgIpc) is 2.25. The third-order valence-corrected chi connectivity index (χ3v) is 5.11. The maximum Gasteiger partial charge on any atom is 0.335 e. The lowest BCUT2D eigenvalue weighted by Crippen LogP contribution is -2.42. The Morgan fingerprint density at radius 3 is 2.50 bits per heavy atom. The van der Waals surface area contributed by atoms with Crippen molar-refractivity contribution < 1.29 is 18.3 Å².